The summed E-state index contributed by atoms with van der Waals surface area (Å²) in [5.41, 5.74) is 1.84. The number of aryl methyl sites for hydroxylation is 3. The molecule has 1 atom stereocenters. The van der Waals surface area contributed by atoms with Crippen molar-refractivity contribution in [1.29, 1.82) is 0 Å². The molecule has 0 saturated carbocycles. The van der Waals surface area contributed by atoms with Crippen LogP contribution >= 0.6 is 0 Å². The van der Waals surface area contributed by atoms with Crippen LogP contribution in [0.1, 0.15) is 32.3 Å². The van der Waals surface area contributed by atoms with E-state index in [1.54, 1.807) is 6.20 Å². The normalized spacial score (nSPS) is 13.4. The highest BCUT2D eigenvalue weighted by Gasteiger charge is 2.27. The smallest absolute Gasteiger partial charge is 0.163 e. The van der Waals surface area contributed by atoms with Crippen LogP contribution in [0.4, 0.5) is 5.82 Å². The highest BCUT2D eigenvalue weighted by molar-refractivity contribution is 5.89. The molecule has 0 fully saturated rings. The van der Waals surface area contributed by atoms with E-state index in [1.807, 2.05) is 38.1 Å². The average molecular weight is 327 g/mol. The van der Waals surface area contributed by atoms with Gasteiger partial charge in [-0.2, -0.15) is 5.10 Å². The van der Waals surface area contributed by atoms with E-state index in [0.29, 0.717) is 0 Å². The molecule has 128 valence electrons. The lowest BCUT2D eigenvalue weighted by molar-refractivity contribution is 0.311. The maximum Gasteiger partial charge on any atom is 0.163 e. The van der Waals surface area contributed by atoms with E-state index in [9.17, 15) is 0 Å². The Morgan fingerprint density at radius 2 is 1.96 bits per heavy atom. The van der Waals surface area contributed by atoms with E-state index in [0.717, 1.165) is 34.9 Å². The first-order valence-electron chi connectivity index (χ1n) is 8.16. The van der Waals surface area contributed by atoms with Crippen LogP contribution in [-0.2, 0) is 13.6 Å². The molecule has 1 unspecified atom stereocenters. The van der Waals surface area contributed by atoms with Crippen molar-refractivity contribution in [2.45, 2.75) is 47.2 Å². The van der Waals surface area contributed by atoms with E-state index >= 15 is 0 Å². The number of hydrogen-bond acceptors (Lipinski definition) is 5. The lowest BCUT2D eigenvalue weighted by Gasteiger charge is -2.32. The van der Waals surface area contributed by atoms with Gasteiger partial charge in [-0.05, 0) is 19.3 Å². The van der Waals surface area contributed by atoms with Crippen LogP contribution in [0, 0.1) is 19.3 Å². The van der Waals surface area contributed by atoms with E-state index in [-0.39, 0.29) is 11.5 Å². The van der Waals surface area contributed by atoms with Crippen LogP contribution in [0.5, 0.6) is 0 Å². The Bertz CT molecular complexity index is 840. The van der Waals surface area contributed by atoms with Gasteiger partial charge < -0.3 is 9.88 Å². The maximum atomic E-state index is 4.66. The van der Waals surface area contributed by atoms with Crippen molar-refractivity contribution >= 4 is 16.9 Å². The minimum absolute atomic E-state index is 0.0472. The minimum atomic E-state index is 0.0472. The number of rotatable bonds is 4. The molecule has 0 spiro atoms. The highest BCUT2D eigenvalue weighted by Crippen LogP contribution is 2.29. The van der Waals surface area contributed by atoms with Crippen molar-refractivity contribution < 1.29 is 0 Å². The Morgan fingerprint density at radius 3 is 2.58 bits per heavy atom. The molecular formula is C17H25N7. The number of fused-ring (bicyclic) bond motifs is 1. The molecule has 0 amide bonds. The van der Waals surface area contributed by atoms with Crippen molar-refractivity contribution in [1.82, 2.24) is 29.3 Å². The Morgan fingerprint density at radius 1 is 1.21 bits per heavy atom. The van der Waals surface area contributed by atoms with Gasteiger partial charge in [-0.25, -0.2) is 15.0 Å². The highest BCUT2D eigenvalue weighted by atomic mass is 15.3. The van der Waals surface area contributed by atoms with Crippen LogP contribution < -0.4 is 5.32 Å². The molecule has 0 aliphatic rings. The minimum Gasteiger partial charge on any atom is -0.364 e. The molecule has 0 aliphatic carbocycles. The van der Waals surface area contributed by atoms with Gasteiger partial charge >= 0.3 is 0 Å². The van der Waals surface area contributed by atoms with Gasteiger partial charge in [0.2, 0.25) is 0 Å². The number of nitrogens with zero attached hydrogens (tertiary/aromatic N) is 6. The molecule has 3 aromatic heterocycles. The third-order valence-corrected chi connectivity index (χ3v) is 4.28. The molecule has 0 aromatic carbocycles. The fourth-order valence-electron chi connectivity index (χ4n) is 2.86. The molecule has 3 rings (SSSR count). The third kappa shape index (κ3) is 3.11. The van der Waals surface area contributed by atoms with E-state index in [1.165, 1.54) is 0 Å². The third-order valence-electron chi connectivity index (χ3n) is 4.28. The van der Waals surface area contributed by atoms with Gasteiger partial charge in [0.05, 0.1) is 23.4 Å². The summed E-state index contributed by atoms with van der Waals surface area (Å²) >= 11 is 0. The predicted molar refractivity (Wildman–Crippen MR) is 94.9 cm³/mol. The number of hydrogen-bond donors (Lipinski definition) is 1. The number of nitrogens with one attached hydrogen (secondary N) is 1. The van der Waals surface area contributed by atoms with Gasteiger partial charge in [0.25, 0.3) is 0 Å². The summed E-state index contributed by atoms with van der Waals surface area (Å²) in [5, 5.41) is 9.13. The summed E-state index contributed by atoms with van der Waals surface area (Å²) in [6.07, 6.45) is 5.63. The zero-order chi connectivity index (χ0) is 17.5. The van der Waals surface area contributed by atoms with Gasteiger partial charge in [0.1, 0.15) is 11.6 Å². The standard InChI is InChI=1S/C17H25N7/c1-11-14-15(19-12(2)20-16(14)23(6)22-11)21-13(17(3,4)5)9-24-8-7-18-10-24/h7-8,10,13H,9H2,1-6H3,(H,19,20,21). The Kier molecular flexibility index (Phi) is 4.03. The monoisotopic (exact) mass is 327 g/mol. The SMILES string of the molecule is Cc1nc(NC(Cn2ccnc2)C(C)(C)C)c2c(C)nn(C)c2n1. The predicted octanol–water partition coefficient (Wildman–Crippen LogP) is 2.70. The molecule has 0 aliphatic heterocycles. The van der Waals surface area contributed by atoms with Gasteiger partial charge in [-0.3, -0.25) is 4.68 Å². The van der Waals surface area contributed by atoms with E-state index in [4.69, 9.17) is 0 Å². The first kappa shape index (κ1) is 16.4. The Labute approximate surface area is 142 Å². The first-order chi connectivity index (χ1) is 11.3. The van der Waals surface area contributed by atoms with Crippen molar-refractivity contribution in [3.05, 3.63) is 30.2 Å². The van der Waals surface area contributed by atoms with Crippen molar-refractivity contribution in [2.75, 3.05) is 5.32 Å². The summed E-state index contributed by atoms with van der Waals surface area (Å²) in [6.45, 7) is 11.4. The molecular weight excluding hydrogens is 302 g/mol. The van der Waals surface area contributed by atoms with E-state index in [2.05, 4.69) is 50.7 Å². The molecule has 24 heavy (non-hydrogen) atoms. The van der Waals surface area contributed by atoms with Crippen LogP contribution in [0.2, 0.25) is 0 Å². The van der Waals surface area contributed by atoms with Crippen LogP contribution in [0.3, 0.4) is 0 Å². The topological polar surface area (TPSA) is 73.5 Å². The molecule has 7 heteroatoms. The van der Waals surface area contributed by atoms with Crippen molar-refractivity contribution in [3.63, 3.8) is 0 Å². The summed E-state index contributed by atoms with van der Waals surface area (Å²) < 4.78 is 3.90. The van der Waals surface area contributed by atoms with Crippen molar-refractivity contribution in [3.8, 4) is 0 Å². The summed E-state index contributed by atoms with van der Waals surface area (Å²) in [7, 11) is 1.91. The Hall–Kier alpha value is -2.44. The molecule has 0 bridgehead atoms. The fraction of sp³-hybridized carbons (Fsp3) is 0.529. The second-order valence-corrected chi connectivity index (χ2v) is 7.35. The average Bonchev–Trinajstić information content (AvgIpc) is 3.06. The lowest BCUT2D eigenvalue weighted by Crippen LogP contribution is -2.38. The van der Waals surface area contributed by atoms with Gasteiger partial charge in [-0.15, -0.1) is 0 Å². The molecule has 0 saturated heterocycles. The second kappa shape index (κ2) is 5.89. The molecule has 0 radical (unpaired) electrons. The number of anilines is 1. The van der Waals surface area contributed by atoms with Crippen LogP contribution in [0.25, 0.3) is 11.0 Å². The zero-order valence-electron chi connectivity index (χ0n) is 15.2. The molecule has 3 aromatic rings. The quantitative estimate of drug-likeness (QED) is 0.797. The van der Waals surface area contributed by atoms with Crippen molar-refractivity contribution in [2.24, 2.45) is 12.5 Å². The Balaban J connectivity index is 2.02. The zero-order valence-corrected chi connectivity index (χ0v) is 15.2. The summed E-state index contributed by atoms with van der Waals surface area (Å²) in [6, 6.07) is 0.184. The van der Waals surface area contributed by atoms with Crippen LogP contribution in [-0.4, -0.2) is 35.3 Å². The maximum absolute atomic E-state index is 4.66. The molecule has 3 heterocycles. The molecule has 1 N–H and O–H groups in total. The fourth-order valence-corrected chi connectivity index (χ4v) is 2.86. The molecule has 7 nitrogen and oxygen atoms in total. The first-order valence-corrected chi connectivity index (χ1v) is 8.16. The van der Waals surface area contributed by atoms with Gasteiger partial charge in [0, 0.05) is 26.0 Å². The lowest BCUT2D eigenvalue weighted by atomic mass is 9.86. The van der Waals surface area contributed by atoms with E-state index < -0.39 is 0 Å². The summed E-state index contributed by atoms with van der Waals surface area (Å²) in [5.74, 6) is 1.59. The largest absolute Gasteiger partial charge is 0.364 e. The van der Waals surface area contributed by atoms with Crippen LogP contribution in [0.15, 0.2) is 18.7 Å². The number of aromatic nitrogens is 6. The van der Waals surface area contributed by atoms with Gasteiger partial charge in [-0.1, -0.05) is 20.8 Å². The van der Waals surface area contributed by atoms with Gasteiger partial charge in [0.15, 0.2) is 5.65 Å². The number of imidazole rings is 1. The summed E-state index contributed by atoms with van der Waals surface area (Å²) in [4.78, 5) is 13.3. The second-order valence-electron chi connectivity index (χ2n) is 7.35.